The van der Waals surface area contributed by atoms with Gasteiger partial charge in [0.1, 0.15) is 35.2 Å². The van der Waals surface area contributed by atoms with E-state index in [1.807, 2.05) is 6.92 Å². The van der Waals surface area contributed by atoms with Crippen molar-refractivity contribution in [3.05, 3.63) is 0 Å². The zero-order valence-electron chi connectivity index (χ0n) is 15.4. The maximum absolute atomic E-state index is 10.9. The number of aliphatic hydroxyl groups is 5. The first-order valence-electron chi connectivity index (χ1n) is 8.97. The first kappa shape index (κ1) is 22.7. The molecule has 0 aliphatic carbocycles. The van der Waals surface area contributed by atoms with Crippen molar-refractivity contribution in [3.8, 4) is 0 Å². The van der Waals surface area contributed by atoms with Crippen molar-refractivity contribution in [3.63, 3.8) is 0 Å². The minimum Gasteiger partial charge on any atom is -0.394 e. The van der Waals surface area contributed by atoms with Gasteiger partial charge in [0.2, 0.25) is 0 Å². The van der Waals surface area contributed by atoms with Gasteiger partial charge in [-0.15, -0.1) is 11.8 Å². The second-order valence-electron chi connectivity index (χ2n) is 7.01. The lowest BCUT2D eigenvalue weighted by molar-refractivity contribution is -0.169. The average Bonchev–Trinajstić information content (AvgIpc) is 3.03. The van der Waals surface area contributed by atoms with Crippen molar-refractivity contribution >= 4 is 45.8 Å². The molecule has 0 aromatic rings. The van der Waals surface area contributed by atoms with Gasteiger partial charge in [0.25, 0.3) is 0 Å². The molecule has 10 atom stereocenters. The molecular weight excluding hydrogens is 428 g/mol. The van der Waals surface area contributed by atoms with Crippen LogP contribution in [0.2, 0.25) is 0 Å². The Morgan fingerprint density at radius 3 is 2.43 bits per heavy atom. The number of aliphatic imine (C=N–C) groups is 1. The molecule has 3 aliphatic rings. The lowest BCUT2D eigenvalue weighted by Crippen LogP contribution is -2.64. The number of nitrogens with zero attached hydrogens (tertiary/aromatic N) is 1. The second-order valence-corrected chi connectivity index (χ2v) is 10.2. The summed E-state index contributed by atoms with van der Waals surface area (Å²) < 4.78 is 11.7. The summed E-state index contributed by atoms with van der Waals surface area (Å²) in [6.07, 6.45) is -5.09. The van der Waals surface area contributed by atoms with Crippen LogP contribution in [-0.2, 0) is 9.47 Å². The molecule has 0 aromatic heterocycles. The van der Waals surface area contributed by atoms with Gasteiger partial charge < -0.3 is 40.3 Å². The van der Waals surface area contributed by atoms with Crippen LogP contribution in [0.1, 0.15) is 13.8 Å². The highest BCUT2D eigenvalue weighted by molar-refractivity contribution is 8.14. The number of thiocarbonyl (C=S) groups is 1. The molecule has 0 spiro atoms. The highest BCUT2D eigenvalue weighted by Crippen LogP contribution is 2.42. The third-order valence-electron chi connectivity index (χ3n) is 4.98. The van der Waals surface area contributed by atoms with Gasteiger partial charge in [-0.05, 0) is 13.8 Å². The number of hydrogen-bond acceptors (Lipinski definition) is 11. The van der Waals surface area contributed by atoms with E-state index in [1.54, 1.807) is 6.92 Å². The van der Waals surface area contributed by atoms with Crippen LogP contribution in [0.5, 0.6) is 0 Å². The van der Waals surface area contributed by atoms with Crippen LogP contribution in [0.25, 0.3) is 0 Å². The van der Waals surface area contributed by atoms with E-state index in [-0.39, 0.29) is 12.0 Å². The van der Waals surface area contributed by atoms with Crippen molar-refractivity contribution < 1.29 is 35.0 Å². The SMILES string of the molecule is CC(=S)N[C@@H]1[C@@H](O)[C@H](O)[C@@H](CO)O[C@H]1S[C@H]1[C@H](O)[C@H]2N=C(C)S[C@H]2O[C@@H]1CO. The predicted molar refractivity (Wildman–Crippen MR) is 111 cm³/mol. The standard InChI is InChI=1S/C16H26N2O7S3/c1-5(26)17-9-12(22)11(21)7(3-19)24-16(9)28-14-8(4-20)25-15-10(13(14)23)18-6(2)27-15/h7-16,19-23H,3-4H2,1-2H3,(H,17,26)/t7-,8-,9-,10-,11-,12-,13-,14-,15-,16+/m1/s1. The minimum atomic E-state index is -1.29. The van der Waals surface area contributed by atoms with E-state index in [9.17, 15) is 25.5 Å². The first-order valence-corrected chi connectivity index (χ1v) is 11.2. The quantitative estimate of drug-likeness (QED) is 0.269. The fraction of sp³-hybridized carbons (Fsp3) is 0.875. The van der Waals surface area contributed by atoms with Crippen molar-refractivity contribution in [2.24, 2.45) is 4.99 Å². The van der Waals surface area contributed by atoms with E-state index < -0.39 is 59.9 Å². The average molecular weight is 455 g/mol. The Morgan fingerprint density at radius 2 is 1.82 bits per heavy atom. The third kappa shape index (κ3) is 4.51. The smallest absolute Gasteiger partial charge is 0.134 e. The van der Waals surface area contributed by atoms with Gasteiger partial charge in [0.15, 0.2) is 0 Å². The number of hydrogen-bond donors (Lipinski definition) is 6. The van der Waals surface area contributed by atoms with E-state index in [0.717, 1.165) is 5.04 Å². The molecule has 3 rings (SSSR count). The van der Waals surface area contributed by atoms with E-state index in [0.29, 0.717) is 4.99 Å². The Labute approximate surface area is 176 Å². The highest BCUT2D eigenvalue weighted by atomic mass is 32.2. The van der Waals surface area contributed by atoms with Crippen LogP contribution in [-0.4, -0.2) is 108 Å². The Bertz CT molecular complexity index is 613. The van der Waals surface area contributed by atoms with Gasteiger partial charge in [-0.25, -0.2) is 0 Å². The maximum atomic E-state index is 10.9. The summed E-state index contributed by atoms with van der Waals surface area (Å²) in [6.45, 7) is 2.70. The predicted octanol–water partition coefficient (Wildman–Crippen LogP) is -1.56. The van der Waals surface area contributed by atoms with Crippen LogP contribution in [0.15, 0.2) is 4.99 Å². The third-order valence-corrected chi connectivity index (χ3v) is 7.74. The first-order chi connectivity index (χ1) is 13.3. The Kier molecular flexibility index (Phi) is 7.62. The minimum absolute atomic E-state index is 0.302. The molecule has 0 saturated carbocycles. The van der Waals surface area contributed by atoms with Crippen molar-refractivity contribution in [2.45, 2.75) is 72.6 Å². The topological polar surface area (TPSA) is 144 Å². The van der Waals surface area contributed by atoms with Crippen LogP contribution in [0.3, 0.4) is 0 Å². The molecule has 2 saturated heterocycles. The van der Waals surface area contributed by atoms with Crippen LogP contribution in [0, 0.1) is 0 Å². The van der Waals surface area contributed by atoms with E-state index in [4.69, 9.17) is 21.7 Å². The summed E-state index contributed by atoms with van der Waals surface area (Å²) >= 11 is 7.66. The molecule has 12 heteroatoms. The second kappa shape index (κ2) is 9.41. The molecule has 0 radical (unpaired) electrons. The molecule has 0 bridgehead atoms. The van der Waals surface area contributed by atoms with Gasteiger partial charge in [-0.2, -0.15) is 0 Å². The van der Waals surface area contributed by atoms with Crippen LogP contribution >= 0.6 is 35.7 Å². The Balaban J connectivity index is 1.81. The molecule has 160 valence electrons. The number of rotatable bonds is 5. The van der Waals surface area contributed by atoms with E-state index in [2.05, 4.69) is 10.3 Å². The number of thioether (sulfide) groups is 2. The van der Waals surface area contributed by atoms with Crippen molar-refractivity contribution in [1.82, 2.24) is 5.32 Å². The number of ether oxygens (including phenoxy) is 2. The molecular formula is C16H26N2O7S3. The normalized spacial score (nSPS) is 46.0. The summed E-state index contributed by atoms with van der Waals surface area (Å²) in [4.78, 5) is 4.83. The molecule has 0 unspecified atom stereocenters. The van der Waals surface area contributed by atoms with E-state index in [1.165, 1.54) is 23.5 Å². The summed E-state index contributed by atoms with van der Waals surface area (Å²) in [6, 6.07) is -1.23. The molecule has 9 nitrogen and oxygen atoms in total. The largest absolute Gasteiger partial charge is 0.394 e. The van der Waals surface area contributed by atoms with Gasteiger partial charge in [-0.1, -0.05) is 24.0 Å². The van der Waals surface area contributed by atoms with Gasteiger partial charge in [-0.3, -0.25) is 4.99 Å². The van der Waals surface area contributed by atoms with Crippen LogP contribution in [0.4, 0.5) is 0 Å². The number of fused-ring (bicyclic) bond motifs is 1. The molecule has 0 aromatic carbocycles. The fourth-order valence-electron chi connectivity index (χ4n) is 3.61. The number of nitrogens with one attached hydrogen (secondary N) is 1. The lowest BCUT2D eigenvalue weighted by atomic mass is 9.98. The zero-order valence-corrected chi connectivity index (χ0v) is 17.9. The van der Waals surface area contributed by atoms with Gasteiger partial charge >= 0.3 is 0 Å². The summed E-state index contributed by atoms with van der Waals surface area (Å²) in [7, 11) is 0. The lowest BCUT2D eigenvalue weighted by Gasteiger charge is -2.46. The molecule has 6 N–H and O–H groups in total. The van der Waals surface area contributed by atoms with Gasteiger partial charge in [0.05, 0.1) is 46.7 Å². The summed E-state index contributed by atoms with van der Waals surface area (Å²) in [5.41, 5.74) is -1.12. The van der Waals surface area contributed by atoms with Crippen molar-refractivity contribution in [1.29, 1.82) is 0 Å². The fourth-order valence-corrected chi connectivity index (χ4v) is 6.38. The molecule has 3 aliphatic heterocycles. The maximum Gasteiger partial charge on any atom is 0.134 e. The number of aliphatic hydroxyl groups excluding tert-OH is 5. The Hall–Kier alpha value is -0.0200. The van der Waals surface area contributed by atoms with E-state index >= 15 is 0 Å². The molecule has 28 heavy (non-hydrogen) atoms. The molecule has 0 amide bonds. The molecule has 2 fully saturated rings. The monoisotopic (exact) mass is 454 g/mol. The zero-order chi connectivity index (χ0) is 20.6. The summed E-state index contributed by atoms with van der Waals surface area (Å²) in [5, 5.41) is 54.0. The molecule has 3 heterocycles. The highest BCUT2D eigenvalue weighted by Gasteiger charge is 2.52. The summed E-state index contributed by atoms with van der Waals surface area (Å²) in [5.74, 6) is 0. The van der Waals surface area contributed by atoms with Crippen LogP contribution < -0.4 is 5.32 Å². The van der Waals surface area contributed by atoms with Crippen molar-refractivity contribution in [2.75, 3.05) is 13.2 Å². The van der Waals surface area contributed by atoms with Gasteiger partial charge in [0, 0.05) is 0 Å². The Morgan fingerprint density at radius 1 is 1.14 bits per heavy atom.